The molecule has 28 heavy (non-hydrogen) atoms. The van der Waals surface area contributed by atoms with Crippen LogP contribution in [0.3, 0.4) is 0 Å². The second kappa shape index (κ2) is 7.19. The van der Waals surface area contributed by atoms with Crippen molar-refractivity contribution in [1.29, 1.82) is 0 Å². The maximum Gasteiger partial charge on any atom is 0.238 e. The van der Waals surface area contributed by atoms with Crippen molar-refractivity contribution >= 4 is 47.9 Å². The summed E-state index contributed by atoms with van der Waals surface area (Å²) in [5.74, 6) is -0.194. The number of hydrogen-bond donors (Lipinski definition) is 3. The number of benzene rings is 3. The summed E-state index contributed by atoms with van der Waals surface area (Å²) in [5, 5.41) is 24.3. The molecule has 0 aliphatic rings. The van der Waals surface area contributed by atoms with Crippen LogP contribution in [0.15, 0.2) is 69.7 Å². The number of primary sulfonamides is 1. The van der Waals surface area contributed by atoms with Gasteiger partial charge in [0.2, 0.25) is 20.0 Å². The number of rotatable bonds is 5. The van der Waals surface area contributed by atoms with E-state index >= 15 is 0 Å². The second-order valence-electron chi connectivity index (χ2n) is 5.95. The van der Waals surface area contributed by atoms with Gasteiger partial charge in [-0.05, 0) is 36.4 Å². The highest BCUT2D eigenvalue weighted by Gasteiger charge is 2.12. The van der Waals surface area contributed by atoms with E-state index in [0.29, 0.717) is 16.5 Å². The molecule has 0 aromatic heterocycles. The minimum atomic E-state index is -3.87. The summed E-state index contributed by atoms with van der Waals surface area (Å²) < 4.78 is 48.2. The van der Waals surface area contributed by atoms with Crippen LogP contribution in [0.1, 0.15) is 0 Å². The summed E-state index contributed by atoms with van der Waals surface area (Å²) in [6, 6.07) is 13.4. The molecule has 11 heteroatoms. The first-order valence-corrected chi connectivity index (χ1v) is 11.3. The predicted octanol–water partition coefficient (Wildman–Crippen LogP) is 2.98. The van der Waals surface area contributed by atoms with Crippen LogP contribution in [0, 0.1) is 0 Å². The van der Waals surface area contributed by atoms with Crippen molar-refractivity contribution in [3.8, 4) is 5.75 Å². The zero-order valence-electron chi connectivity index (χ0n) is 14.6. The first-order valence-electron chi connectivity index (χ1n) is 7.82. The lowest BCUT2D eigenvalue weighted by molar-refractivity contribution is 0.482. The minimum absolute atomic E-state index is 0.108. The average molecular weight is 420 g/mol. The fraction of sp³-hybridized carbons (Fsp3) is 0.0588. The van der Waals surface area contributed by atoms with Gasteiger partial charge in [0.1, 0.15) is 5.69 Å². The summed E-state index contributed by atoms with van der Waals surface area (Å²) in [4.78, 5) is -0.108. The second-order valence-corrected chi connectivity index (χ2v) is 9.26. The number of phenols is 1. The van der Waals surface area contributed by atoms with Crippen molar-refractivity contribution in [3.63, 3.8) is 0 Å². The van der Waals surface area contributed by atoms with Gasteiger partial charge in [-0.2, -0.15) is 5.11 Å². The Bertz CT molecular complexity index is 1300. The van der Waals surface area contributed by atoms with Crippen LogP contribution in [0.25, 0.3) is 10.8 Å². The summed E-state index contributed by atoms with van der Waals surface area (Å²) >= 11 is 0. The van der Waals surface area contributed by atoms with Gasteiger partial charge in [0.15, 0.2) is 5.75 Å². The first kappa shape index (κ1) is 19.7. The average Bonchev–Trinajstić information content (AvgIpc) is 2.60. The summed E-state index contributed by atoms with van der Waals surface area (Å²) in [6.45, 7) is 0. The molecule has 0 aliphatic heterocycles. The zero-order valence-corrected chi connectivity index (χ0v) is 16.2. The third-order valence-corrected chi connectivity index (χ3v) is 5.23. The van der Waals surface area contributed by atoms with Crippen LogP contribution >= 0.6 is 0 Å². The van der Waals surface area contributed by atoms with E-state index in [9.17, 15) is 21.9 Å². The number of anilines is 1. The Morgan fingerprint density at radius 3 is 2.32 bits per heavy atom. The third kappa shape index (κ3) is 4.44. The Kier molecular flexibility index (Phi) is 5.06. The molecule has 0 atom stereocenters. The molecule has 0 saturated carbocycles. The number of hydrogen-bond acceptors (Lipinski definition) is 7. The molecule has 3 aromatic rings. The van der Waals surface area contributed by atoms with E-state index in [0.717, 1.165) is 6.26 Å². The molecule has 0 unspecified atom stereocenters. The van der Waals surface area contributed by atoms with E-state index < -0.39 is 20.0 Å². The molecule has 0 aliphatic carbocycles. The number of fused-ring (bicyclic) bond motifs is 1. The van der Waals surface area contributed by atoms with Gasteiger partial charge in [-0.3, -0.25) is 4.72 Å². The number of azo groups is 1. The number of nitrogens with zero attached hydrogens (tertiary/aromatic N) is 2. The molecule has 0 radical (unpaired) electrons. The summed E-state index contributed by atoms with van der Waals surface area (Å²) in [5.41, 5.74) is 0.683. The Morgan fingerprint density at radius 1 is 0.929 bits per heavy atom. The molecule has 0 amide bonds. The molecule has 146 valence electrons. The molecular formula is C17H16N4O5S2. The lowest BCUT2D eigenvalue weighted by Gasteiger charge is -2.10. The molecule has 0 spiro atoms. The van der Waals surface area contributed by atoms with Crippen molar-refractivity contribution in [1.82, 2.24) is 0 Å². The van der Waals surface area contributed by atoms with Crippen LogP contribution in [0.4, 0.5) is 17.1 Å². The minimum Gasteiger partial charge on any atom is -0.505 e. The fourth-order valence-electron chi connectivity index (χ4n) is 2.53. The molecule has 0 heterocycles. The SMILES string of the molecule is CS(=O)(=O)Nc1cccc2c(O)c(N=Nc3cccc(S(N)(=O)=O)c3)ccc12. The monoisotopic (exact) mass is 420 g/mol. The van der Waals surface area contributed by atoms with E-state index in [1.165, 1.54) is 30.3 Å². The van der Waals surface area contributed by atoms with E-state index in [1.54, 1.807) is 24.3 Å². The van der Waals surface area contributed by atoms with Gasteiger partial charge in [0.25, 0.3) is 0 Å². The largest absolute Gasteiger partial charge is 0.505 e. The number of phenolic OH excluding ortho intramolecular Hbond substituents is 1. The topological polar surface area (TPSA) is 151 Å². The highest BCUT2D eigenvalue weighted by molar-refractivity contribution is 7.92. The van der Waals surface area contributed by atoms with Crippen molar-refractivity contribution in [3.05, 3.63) is 54.6 Å². The van der Waals surface area contributed by atoms with Crippen LogP contribution in [0.5, 0.6) is 5.75 Å². The highest BCUT2D eigenvalue weighted by Crippen LogP contribution is 2.38. The summed E-state index contributed by atoms with van der Waals surface area (Å²) in [7, 11) is -7.36. The van der Waals surface area contributed by atoms with Gasteiger partial charge in [-0.25, -0.2) is 22.0 Å². The first-order chi connectivity index (χ1) is 13.0. The van der Waals surface area contributed by atoms with Crippen molar-refractivity contribution < 1.29 is 21.9 Å². The van der Waals surface area contributed by atoms with Gasteiger partial charge in [0, 0.05) is 10.8 Å². The number of nitrogens with one attached hydrogen (secondary N) is 1. The van der Waals surface area contributed by atoms with Crippen molar-refractivity contribution in [2.45, 2.75) is 4.90 Å². The van der Waals surface area contributed by atoms with Crippen LogP contribution in [0.2, 0.25) is 0 Å². The van der Waals surface area contributed by atoms with Gasteiger partial charge in [-0.1, -0.05) is 18.2 Å². The molecule has 0 saturated heterocycles. The molecular weight excluding hydrogens is 404 g/mol. The Labute approximate surface area is 161 Å². The fourth-order valence-corrected chi connectivity index (χ4v) is 3.66. The van der Waals surface area contributed by atoms with E-state index in [-0.39, 0.29) is 22.0 Å². The van der Waals surface area contributed by atoms with Gasteiger partial charge in [-0.15, -0.1) is 5.11 Å². The van der Waals surface area contributed by atoms with Crippen LogP contribution in [-0.2, 0) is 20.0 Å². The molecule has 0 bridgehead atoms. The Hall–Kier alpha value is -3.02. The molecule has 9 nitrogen and oxygen atoms in total. The maximum absolute atomic E-state index is 11.5. The molecule has 0 fully saturated rings. The Balaban J connectivity index is 2.01. The lowest BCUT2D eigenvalue weighted by Crippen LogP contribution is -2.11. The molecule has 3 aromatic carbocycles. The normalized spacial score (nSPS) is 12.5. The van der Waals surface area contributed by atoms with E-state index in [1.807, 2.05) is 0 Å². The number of sulfonamides is 2. The van der Waals surface area contributed by atoms with Crippen LogP contribution in [-0.4, -0.2) is 28.2 Å². The third-order valence-electron chi connectivity index (χ3n) is 3.73. The summed E-state index contributed by atoms with van der Waals surface area (Å²) in [6.07, 6.45) is 1.03. The van der Waals surface area contributed by atoms with E-state index in [2.05, 4.69) is 15.0 Å². The van der Waals surface area contributed by atoms with E-state index in [4.69, 9.17) is 5.14 Å². The van der Waals surface area contributed by atoms with Crippen molar-refractivity contribution in [2.75, 3.05) is 11.0 Å². The maximum atomic E-state index is 11.5. The Morgan fingerprint density at radius 2 is 1.64 bits per heavy atom. The predicted molar refractivity (Wildman–Crippen MR) is 106 cm³/mol. The number of nitrogens with two attached hydrogens (primary N) is 1. The quantitative estimate of drug-likeness (QED) is 0.542. The zero-order chi connectivity index (χ0) is 20.5. The number of aromatic hydroxyl groups is 1. The molecule has 3 rings (SSSR count). The van der Waals surface area contributed by atoms with Gasteiger partial charge < -0.3 is 5.11 Å². The van der Waals surface area contributed by atoms with Crippen LogP contribution < -0.4 is 9.86 Å². The smallest absolute Gasteiger partial charge is 0.238 e. The highest BCUT2D eigenvalue weighted by atomic mass is 32.2. The lowest BCUT2D eigenvalue weighted by atomic mass is 10.1. The van der Waals surface area contributed by atoms with Gasteiger partial charge in [0.05, 0.1) is 22.5 Å². The molecule has 4 N–H and O–H groups in total. The van der Waals surface area contributed by atoms with Gasteiger partial charge >= 0.3 is 0 Å². The van der Waals surface area contributed by atoms with Crippen molar-refractivity contribution in [2.24, 2.45) is 15.4 Å². The standard InChI is InChI=1S/C17H16N4O5S2/c1-27(23,24)21-15-7-3-6-14-13(15)8-9-16(17(14)22)20-19-11-4-2-5-12(10-11)28(18,25)26/h2-10,21-22H,1H3,(H2,18,25,26).